The van der Waals surface area contributed by atoms with Gasteiger partial charge in [0, 0.05) is 5.41 Å². The molecular weight excluding hydrogens is 347 g/mol. The average molecular weight is 383 g/mol. The Morgan fingerprint density at radius 3 is 2.68 bits per heavy atom. The molecular formula is C26H35FO. The maximum Gasteiger partial charge on any atom is 0.123 e. The quantitative estimate of drug-likeness (QED) is 0.579. The van der Waals surface area contributed by atoms with Gasteiger partial charge < -0.3 is 5.11 Å². The molecule has 0 aromatic heterocycles. The number of halogens is 1. The lowest BCUT2D eigenvalue weighted by Gasteiger charge is -2.60. The highest BCUT2D eigenvalue weighted by atomic mass is 19.1. The summed E-state index contributed by atoms with van der Waals surface area (Å²) in [7, 11) is 0. The zero-order valence-corrected chi connectivity index (χ0v) is 17.5. The number of fused-ring (bicyclic) bond motifs is 5. The van der Waals surface area contributed by atoms with Crippen molar-refractivity contribution in [3.8, 4) is 0 Å². The van der Waals surface area contributed by atoms with Crippen molar-refractivity contribution in [3.05, 3.63) is 41.2 Å². The minimum Gasteiger partial charge on any atom is -0.388 e. The van der Waals surface area contributed by atoms with Crippen LogP contribution in [-0.4, -0.2) is 11.2 Å². The van der Waals surface area contributed by atoms with Crippen LogP contribution in [-0.2, 0) is 0 Å². The molecule has 0 radical (unpaired) electrons. The van der Waals surface area contributed by atoms with E-state index in [1.807, 2.05) is 6.07 Å². The normalized spacial score (nSPS) is 46.7. The molecule has 7 unspecified atom stereocenters. The molecule has 0 amide bonds. The molecule has 7 atom stereocenters. The van der Waals surface area contributed by atoms with Crippen molar-refractivity contribution >= 4 is 6.08 Å². The summed E-state index contributed by atoms with van der Waals surface area (Å²) in [6.07, 6.45) is 13.6. The SMILES string of the molecule is CC12CCCCC1CCC1C2CCC2(C)C(O)C(=Cc3cccc(F)c3)CC12. The van der Waals surface area contributed by atoms with Crippen molar-refractivity contribution in [2.24, 2.45) is 34.5 Å². The Bertz CT molecular complexity index is 784. The molecule has 0 spiro atoms. The van der Waals surface area contributed by atoms with Gasteiger partial charge in [0.05, 0.1) is 6.10 Å². The van der Waals surface area contributed by atoms with E-state index in [0.29, 0.717) is 11.3 Å². The van der Waals surface area contributed by atoms with Crippen LogP contribution in [0.1, 0.15) is 77.2 Å². The van der Waals surface area contributed by atoms with Crippen LogP contribution in [0.5, 0.6) is 0 Å². The van der Waals surface area contributed by atoms with Crippen molar-refractivity contribution < 1.29 is 9.50 Å². The lowest BCUT2D eigenvalue weighted by molar-refractivity contribution is -0.119. The van der Waals surface area contributed by atoms with Gasteiger partial charge in [0.2, 0.25) is 0 Å². The summed E-state index contributed by atoms with van der Waals surface area (Å²) in [5.41, 5.74) is 2.55. The van der Waals surface area contributed by atoms with Gasteiger partial charge in [-0.15, -0.1) is 0 Å². The van der Waals surface area contributed by atoms with Crippen molar-refractivity contribution in [1.29, 1.82) is 0 Å². The second kappa shape index (κ2) is 6.69. The third-order valence-electron chi connectivity index (χ3n) is 9.65. The topological polar surface area (TPSA) is 20.2 Å². The summed E-state index contributed by atoms with van der Waals surface area (Å²) in [4.78, 5) is 0. The molecule has 1 nitrogen and oxygen atoms in total. The first-order chi connectivity index (χ1) is 13.4. The fraction of sp³-hybridized carbons (Fsp3) is 0.692. The highest BCUT2D eigenvalue weighted by Gasteiger charge is 2.60. The first kappa shape index (κ1) is 18.9. The van der Waals surface area contributed by atoms with E-state index in [1.165, 1.54) is 51.0 Å². The van der Waals surface area contributed by atoms with Crippen LogP contribution in [0, 0.1) is 40.3 Å². The first-order valence-corrected chi connectivity index (χ1v) is 11.6. The molecule has 4 fully saturated rings. The number of aliphatic hydroxyl groups is 1. The van der Waals surface area contributed by atoms with Gasteiger partial charge in [-0.05, 0) is 97.3 Å². The van der Waals surface area contributed by atoms with E-state index >= 15 is 0 Å². The third kappa shape index (κ3) is 2.74. The van der Waals surface area contributed by atoms with E-state index in [1.54, 1.807) is 12.1 Å². The Hall–Kier alpha value is -1.15. The lowest BCUT2D eigenvalue weighted by Crippen LogP contribution is -2.53. The fourth-order valence-electron chi connectivity index (χ4n) is 8.10. The molecule has 1 N–H and O–H groups in total. The van der Waals surface area contributed by atoms with Crippen molar-refractivity contribution in [1.82, 2.24) is 0 Å². The molecule has 4 aliphatic carbocycles. The van der Waals surface area contributed by atoms with Crippen molar-refractivity contribution in [2.45, 2.75) is 77.7 Å². The molecule has 0 heterocycles. The second-order valence-corrected chi connectivity index (χ2v) is 10.8. The van der Waals surface area contributed by atoms with Gasteiger partial charge in [-0.25, -0.2) is 4.39 Å². The minimum absolute atomic E-state index is 0.00180. The number of hydrogen-bond donors (Lipinski definition) is 1. The molecule has 1 aromatic rings. The number of hydrogen-bond acceptors (Lipinski definition) is 1. The summed E-state index contributed by atoms with van der Waals surface area (Å²) < 4.78 is 13.6. The molecule has 0 aliphatic heterocycles. The Labute approximate surface area is 169 Å². The van der Waals surface area contributed by atoms with Gasteiger partial charge in [-0.1, -0.05) is 44.9 Å². The van der Waals surface area contributed by atoms with E-state index in [-0.39, 0.29) is 17.3 Å². The second-order valence-electron chi connectivity index (χ2n) is 10.8. The summed E-state index contributed by atoms with van der Waals surface area (Å²) in [5.74, 6) is 2.91. The zero-order chi connectivity index (χ0) is 19.5. The van der Waals surface area contributed by atoms with E-state index in [0.717, 1.165) is 41.7 Å². The van der Waals surface area contributed by atoms with Gasteiger partial charge in [-0.2, -0.15) is 0 Å². The van der Waals surface area contributed by atoms with Crippen LogP contribution in [0.2, 0.25) is 0 Å². The molecule has 5 rings (SSSR count). The van der Waals surface area contributed by atoms with Gasteiger partial charge >= 0.3 is 0 Å². The van der Waals surface area contributed by atoms with E-state index < -0.39 is 0 Å². The molecule has 2 heteroatoms. The Balaban J connectivity index is 1.46. The average Bonchev–Trinajstić information content (AvgIpc) is 2.92. The fourth-order valence-corrected chi connectivity index (χ4v) is 8.10. The molecule has 0 bridgehead atoms. The number of rotatable bonds is 1. The van der Waals surface area contributed by atoms with E-state index in [2.05, 4.69) is 19.9 Å². The molecule has 152 valence electrons. The summed E-state index contributed by atoms with van der Waals surface area (Å²) in [5, 5.41) is 11.3. The maximum absolute atomic E-state index is 13.6. The van der Waals surface area contributed by atoms with Crippen LogP contribution in [0.3, 0.4) is 0 Å². The first-order valence-electron chi connectivity index (χ1n) is 11.6. The van der Waals surface area contributed by atoms with Crippen molar-refractivity contribution in [3.63, 3.8) is 0 Å². The Morgan fingerprint density at radius 2 is 1.86 bits per heavy atom. The van der Waals surface area contributed by atoms with Crippen LogP contribution in [0.15, 0.2) is 29.8 Å². The van der Waals surface area contributed by atoms with Gasteiger partial charge in [0.15, 0.2) is 0 Å². The standard InChI is InChI=1S/C26H35FO/c1-25-12-4-3-7-19(25)9-10-21-22(25)11-13-26(2)23(21)16-18(24(26)28)14-17-6-5-8-20(27)15-17/h5-6,8,14-15,19,21-24,28H,3-4,7,9-13,16H2,1-2H3. The molecule has 0 saturated heterocycles. The van der Waals surface area contributed by atoms with Gasteiger partial charge in [0.25, 0.3) is 0 Å². The smallest absolute Gasteiger partial charge is 0.123 e. The van der Waals surface area contributed by atoms with Gasteiger partial charge in [-0.3, -0.25) is 0 Å². The minimum atomic E-state index is -0.376. The Kier molecular flexibility index (Phi) is 4.50. The van der Waals surface area contributed by atoms with Gasteiger partial charge in [0.1, 0.15) is 5.82 Å². The molecule has 28 heavy (non-hydrogen) atoms. The monoisotopic (exact) mass is 382 g/mol. The molecule has 4 saturated carbocycles. The Morgan fingerprint density at radius 1 is 1.00 bits per heavy atom. The van der Waals surface area contributed by atoms with Crippen LogP contribution < -0.4 is 0 Å². The highest BCUT2D eigenvalue weighted by molar-refractivity contribution is 5.55. The summed E-state index contributed by atoms with van der Waals surface area (Å²) in [6.45, 7) is 4.94. The third-order valence-corrected chi connectivity index (χ3v) is 9.65. The van der Waals surface area contributed by atoms with Crippen LogP contribution >= 0.6 is 0 Å². The number of benzene rings is 1. The van der Waals surface area contributed by atoms with Crippen molar-refractivity contribution in [2.75, 3.05) is 0 Å². The van der Waals surface area contributed by atoms with E-state index in [9.17, 15) is 9.50 Å². The lowest BCUT2D eigenvalue weighted by atomic mass is 9.45. The van der Waals surface area contributed by atoms with E-state index in [4.69, 9.17) is 0 Å². The summed E-state index contributed by atoms with van der Waals surface area (Å²) >= 11 is 0. The predicted molar refractivity (Wildman–Crippen MR) is 112 cm³/mol. The highest BCUT2D eigenvalue weighted by Crippen LogP contribution is 2.67. The summed E-state index contributed by atoms with van der Waals surface area (Å²) in [6, 6.07) is 6.78. The molecule has 4 aliphatic rings. The number of aliphatic hydroxyl groups excluding tert-OH is 1. The van der Waals surface area contributed by atoms with Crippen LogP contribution in [0.4, 0.5) is 4.39 Å². The maximum atomic E-state index is 13.6. The van der Waals surface area contributed by atoms with Crippen LogP contribution in [0.25, 0.3) is 6.08 Å². The predicted octanol–water partition coefficient (Wildman–Crippen LogP) is 6.61. The largest absolute Gasteiger partial charge is 0.388 e. The zero-order valence-electron chi connectivity index (χ0n) is 17.5. The molecule has 1 aromatic carbocycles.